The first-order valence-electron chi connectivity index (χ1n) is 5.90. The SMILES string of the molecule is CCOC(=O)/C=C(\C)c1c(N)cnc2c1ccn2P. The minimum atomic E-state index is -0.366. The third kappa shape index (κ3) is 2.61. The molecule has 0 aliphatic rings. The summed E-state index contributed by atoms with van der Waals surface area (Å²) in [6.07, 6.45) is 4.93. The van der Waals surface area contributed by atoms with Gasteiger partial charge in [0.25, 0.3) is 0 Å². The van der Waals surface area contributed by atoms with Gasteiger partial charge in [-0.05, 0) is 34.9 Å². The molecule has 5 nitrogen and oxygen atoms in total. The first-order chi connectivity index (χ1) is 9.04. The highest BCUT2D eigenvalue weighted by Crippen LogP contribution is 2.30. The Balaban J connectivity index is 2.55. The van der Waals surface area contributed by atoms with E-state index in [0.717, 1.165) is 22.2 Å². The lowest BCUT2D eigenvalue weighted by molar-refractivity contribution is -0.137. The van der Waals surface area contributed by atoms with E-state index in [9.17, 15) is 4.79 Å². The molecule has 0 aliphatic carbocycles. The van der Waals surface area contributed by atoms with Crippen molar-refractivity contribution in [2.75, 3.05) is 12.3 Å². The van der Waals surface area contributed by atoms with Crippen molar-refractivity contribution in [1.82, 2.24) is 9.32 Å². The van der Waals surface area contributed by atoms with E-state index >= 15 is 0 Å². The summed E-state index contributed by atoms with van der Waals surface area (Å²) in [7, 11) is 2.55. The van der Waals surface area contributed by atoms with Crippen LogP contribution in [0.15, 0.2) is 24.5 Å². The molecule has 0 radical (unpaired) electrons. The van der Waals surface area contributed by atoms with Gasteiger partial charge >= 0.3 is 5.97 Å². The maximum absolute atomic E-state index is 11.5. The molecule has 2 aromatic rings. The lowest BCUT2D eigenvalue weighted by atomic mass is 10.0. The van der Waals surface area contributed by atoms with Crippen LogP contribution in [0.3, 0.4) is 0 Å². The molecule has 0 aromatic carbocycles. The van der Waals surface area contributed by atoms with Crippen molar-refractivity contribution in [3.8, 4) is 0 Å². The molecule has 0 spiro atoms. The number of carbonyl (C=O) groups excluding carboxylic acids is 1. The molecule has 6 heteroatoms. The van der Waals surface area contributed by atoms with Crippen LogP contribution in [0.1, 0.15) is 19.4 Å². The Labute approximate surface area is 113 Å². The van der Waals surface area contributed by atoms with Gasteiger partial charge in [0.2, 0.25) is 0 Å². The van der Waals surface area contributed by atoms with Gasteiger partial charge in [0.15, 0.2) is 0 Å². The summed E-state index contributed by atoms with van der Waals surface area (Å²) in [6.45, 7) is 3.96. The second kappa shape index (κ2) is 5.41. The molecule has 2 heterocycles. The molecule has 0 aliphatic heterocycles. The predicted molar refractivity (Wildman–Crippen MR) is 79.5 cm³/mol. The van der Waals surface area contributed by atoms with Gasteiger partial charge in [0.05, 0.1) is 18.5 Å². The number of pyridine rings is 1. The van der Waals surface area contributed by atoms with Gasteiger partial charge in [0, 0.05) is 23.2 Å². The second-order valence-electron chi connectivity index (χ2n) is 4.13. The summed E-state index contributed by atoms with van der Waals surface area (Å²) in [4.78, 5) is 15.8. The smallest absolute Gasteiger partial charge is 0.331 e. The molecular formula is C13H16N3O2P. The van der Waals surface area contributed by atoms with Gasteiger partial charge in [-0.15, -0.1) is 0 Å². The Morgan fingerprint density at radius 1 is 1.63 bits per heavy atom. The lowest BCUT2D eigenvalue weighted by Crippen LogP contribution is -2.02. The number of hydrogen-bond donors (Lipinski definition) is 1. The number of carbonyl (C=O) groups is 1. The molecule has 2 aromatic heterocycles. The van der Waals surface area contributed by atoms with Gasteiger partial charge < -0.3 is 14.8 Å². The summed E-state index contributed by atoms with van der Waals surface area (Å²) < 4.78 is 6.74. The number of nitrogen functional groups attached to an aromatic ring is 1. The molecule has 100 valence electrons. The predicted octanol–water partition coefficient (Wildman–Crippen LogP) is 2.22. The van der Waals surface area contributed by atoms with Crippen LogP contribution in [0.25, 0.3) is 16.6 Å². The maximum atomic E-state index is 11.5. The maximum Gasteiger partial charge on any atom is 0.331 e. The largest absolute Gasteiger partial charge is 0.463 e. The molecule has 2 N–H and O–H groups in total. The van der Waals surface area contributed by atoms with Gasteiger partial charge in [-0.25, -0.2) is 9.78 Å². The Kier molecular flexibility index (Phi) is 3.86. The molecular weight excluding hydrogens is 261 g/mol. The standard InChI is InChI=1S/C13H16N3O2P/c1-3-18-11(17)6-8(2)12-9-4-5-16(19)13(9)15-7-10(12)14/h4-7H,3,14,19H2,1-2H3/b8-6+. The monoisotopic (exact) mass is 277 g/mol. The Bertz CT molecular complexity index is 661. The normalized spacial score (nSPS) is 11.8. The number of rotatable bonds is 3. The third-order valence-corrected chi connectivity index (χ3v) is 3.20. The highest BCUT2D eigenvalue weighted by atomic mass is 31.0. The molecule has 0 bridgehead atoms. The average molecular weight is 277 g/mol. The summed E-state index contributed by atoms with van der Waals surface area (Å²) in [5.41, 5.74) is 8.90. The molecule has 1 atom stereocenters. The van der Waals surface area contributed by atoms with Crippen LogP contribution in [0.4, 0.5) is 5.69 Å². The number of anilines is 1. The minimum Gasteiger partial charge on any atom is -0.463 e. The molecule has 0 saturated carbocycles. The first-order valence-corrected chi connectivity index (χ1v) is 6.42. The van der Waals surface area contributed by atoms with Crippen molar-refractivity contribution in [1.29, 1.82) is 0 Å². The van der Waals surface area contributed by atoms with Crippen LogP contribution in [0, 0.1) is 0 Å². The zero-order valence-corrected chi connectivity index (χ0v) is 12.0. The fourth-order valence-corrected chi connectivity index (χ4v) is 2.29. The van der Waals surface area contributed by atoms with Crippen molar-refractivity contribution in [2.24, 2.45) is 0 Å². The number of allylic oxidation sites excluding steroid dienone is 1. The summed E-state index contributed by atoms with van der Waals surface area (Å²) >= 11 is 0. The van der Waals surface area contributed by atoms with Gasteiger partial charge in [-0.3, -0.25) is 0 Å². The number of nitrogens with two attached hydrogens (primary N) is 1. The topological polar surface area (TPSA) is 70.1 Å². The second-order valence-corrected chi connectivity index (χ2v) is 4.68. The van der Waals surface area contributed by atoms with E-state index in [1.165, 1.54) is 6.08 Å². The highest BCUT2D eigenvalue weighted by molar-refractivity contribution is 7.14. The lowest BCUT2D eigenvalue weighted by Gasteiger charge is -2.08. The number of ether oxygens (including phenoxy) is 1. The third-order valence-electron chi connectivity index (χ3n) is 2.79. The zero-order chi connectivity index (χ0) is 14.0. The van der Waals surface area contributed by atoms with E-state index in [0.29, 0.717) is 12.3 Å². The summed E-state index contributed by atoms with van der Waals surface area (Å²) in [6, 6.07) is 1.92. The summed E-state index contributed by atoms with van der Waals surface area (Å²) in [5, 5.41) is 0.910. The van der Waals surface area contributed by atoms with E-state index in [4.69, 9.17) is 10.5 Å². The Morgan fingerprint density at radius 3 is 3.05 bits per heavy atom. The molecule has 0 fully saturated rings. The fraction of sp³-hybridized carbons (Fsp3) is 0.231. The fourth-order valence-electron chi connectivity index (χ4n) is 1.99. The van der Waals surface area contributed by atoms with Crippen LogP contribution in [0.2, 0.25) is 0 Å². The Hall–Kier alpha value is -1.87. The van der Waals surface area contributed by atoms with Crippen molar-refractivity contribution in [3.63, 3.8) is 0 Å². The minimum absolute atomic E-state index is 0.353. The number of esters is 1. The molecule has 0 amide bonds. The van der Waals surface area contributed by atoms with E-state index in [-0.39, 0.29) is 5.97 Å². The van der Waals surface area contributed by atoms with Crippen LogP contribution < -0.4 is 5.73 Å². The van der Waals surface area contributed by atoms with Gasteiger partial charge in [-0.2, -0.15) is 0 Å². The molecule has 0 saturated heterocycles. The quantitative estimate of drug-likeness (QED) is 0.530. The highest BCUT2D eigenvalue weighted by Gasteiger charge is 2.12. The van der Waals surface area contributed by atoms with E-state index in [1.807, 2.05) is 23.5 Å². The number of fused-ring (bicyclic) bond motifs is 1. The van der Waals surface area contributed by atoms with Gasteiger partial charge in [0.1, 0.15) is 5.65 Å². The zero-order valence-electron chi connectivity index (χ0n) is 10.9. The number of nitrogens with zero attached hydrogens (tertiary/aromatic N) is 2. The molecule has 19 heavy (non-hydrogen) atoms. The van der Waals surface area contributed by atoms with Gasteiger partial charge in [-0.1, -0.05) is 0 Å². The summed E-state index contributed by atoms with van der Waals surface area (Å²) in [5.74, 6) is -0.366. The van der Waals surface area contributed by atoms with E-state index < -0.39 is 0 Å². The molecule has 1 unspecified atom stereocenters. The van der Waals surface area contributed by atoms with E-state index in [1.54, 1.807) is 13.1 Å². The molecule has 2 rings (SSSR count). The average Bonchev–Trinajstić information content (AvgIpc) is 2.70. The van der Waals surface area contributed by atoms with Crippen LogP contribution in [0.5, 0.6) is 0 Å². The van der Waals surface area contributed by atoms with Crippen LogP contribution in [-0.4, -0.2) is 21.9 Å². The Morgan fingerprint density at radius 2 is 2.37 bits per heavy atom. The number of hydrogen-bond acceptors (Lipinski definition) is 4. The number of aromatic nitrogens is 2. The van der Waals surface area contributed by atoms with Crippen molar-refractivity contribution < 1.29 is 9.53 Å². The van der Waals surface area contributed by atoms with Crippen molar-refractivity contribution in [2.45, 2.75) is 13.8 Å². The first kappa shape index (κ1) is 13.6. The van der Waals surface area contributed by atoms with Crippen molar-refractivity contribution >= 4 is 37.7 Å². The van der Waals surface area contributed by atoms with Crippen LogP contribution in [-0.2, 0) is 9.53 Å². The van der Waals surface area contributed by atoms with E-state index in [2.05, 4.69) is 14.4 Å². The van der Waals surface area contributed by atoms with Crippen LogP contribution >= 0.6 is 9.39 Å². The van der Waals surface area contributed by atoms with Crippen molar-refractivity contribution in [3.05, 3.63) is 30.1 Å².